The van der Waals surface area contributed by atoms with Gasteiger partial charge in [-0.25, -0.2) is 0 Å². The maximum absolute atomic E-state index is 10.4. The van der Waals surface area contributed by atoms with Crippen LogP contribution in [0.5, 0.6) is 0 Å². The van der Waals surface area contributed by atoms with E-state index in [4.69, 9.17) is 8.85 Å². The summed E-state index contributed by atoms with van der Waals surface area (Å²) in [4.78, 5) is 10.4. The van der Waals surface area contributed by atoms with Crippen LogP contribution in [-0.4, -0.2) is 32.1 Å². The second-order valence-corrected chi connectivity index (χ2v) is 5.42. The molecule has 3 nitrogen and oxygen atoms in total. The summed E-state index contributed by atoms with van der Waals surface area (Å²) in [6, 6.07) is 0. The zero-order chi connectivity index (χ0) is 10.3. The van der Waals surface area contributed by atoms with Crippen LogP contribution in [0, 0.1) is 5.41 Å². The van der Waals surface area contributed by atoms with E-state index in [1.165, 1.54) is 0 Å². The van der Waals surface area contributed by atoms with Crippen molar-refractivity contribution in [3.05, 3.63) is 0 Å². The first-order valence-electron chi connectivity index (χ1n) is 4.75. The topological polar surface area (TPSA) is 35.5 Å². The van der Waals surface area contributed by atoms with Crippen LogP contribution < -0.4 is 0 Å². The standard InChI is InChI=1S/C8H20O3Si2/c1-8(2,5-6-9)7(10-12-3)11-13-4/h6-7H,5,12-13H2,1-4H3. The van der Waals surface area contributed by atoms with Crippen molar-refractivity contribution in [3.63, 3.8) is 0 Å². The first-order valence-corrected chi connectivity index (χ1v) is 8.73. The molecule has 0 fully saturated rings. The summed E-state index contributed by atoms with van der Waals surface area (Å²) >= 11 is 0. The monoisotopic (exact) mass is 220 g/mol. The molecule has 0 aliphatic heterocycles. The quantitative estimate of drug-likeness (QED) is 0.350. The molecule has 0 heterocycles. The van der Waals surface area contributed by atoms with E-state index in [1.54, 1.807) is 0 Å². The van der Waals surface area contributed by atoms with Gasteiger partial charge >= 0.3 is 0 Å². The molecule has 0 atom stereocenters. The summed E-state index contributed by atoms with van der Waals surface area (Å²) in [7, 11) is -0.939. The minimum absolute atomic E-state index is 0.161. The molecule has 0 saturated heterocycles. The molecule has 0 rings (SSSR count). The fourth-order valence-corrected chi connectivity index (χ4v) is 3.01. The van der Waals surface area contributed by atoms with Crippen molar-refractivity contribution >= 4 is 25.8 Å². The van der Waals surface area contributed by atoms with Gasteiger partial charge in [0.1, 0.15) is 12.6 Å². The van der Waals surface area contributed by atoms with Gasteiger partial charge in [-0.15, -0.1) is 0 Å². The van der Waals surface area contributed by atoms with E-state index in [0.717, 1.165) is 6.29 Å². The highest BCUT2D eigenvalue weighted by Crippen LogP contribution is 2.26. The smallest absolute Gasteiger partial charge is 0.161 e. The number of carbonyl (C=O) groups excluding carboxylic acids is 1. The molecule has 0 saturated carbocycles. The van der Waals surface area contributed by atoms with E-state index in [0.29, 0.717) is 6.42 Å². The molecule has 0 aliphatic rings. The summed E-state index contributed by atoms with van der Waals surface area (Å²) in [5.74, 6) is 0. The number of rotatable bonds is 7. The van der Waals surface area contributed by atoms with Crippen LogP contribution in [-0.2, 0) is 13.6 Å². The Hall–Kier alpha value is 0.0238. The molecule has 0 radical (unpaired) electrons. The first kappa shape index (κ1) is 13.0. The zero-order valence-electron chi connectivity index (χ0n) is 9.00. The maximum Gasteiger partial charge on any atom is 0.161 e. The van der Waals surface area contributed by atoms with Gasteiger partial charge in [-0.1, -0.05) is 26.9 Å². The normalized spacial score (nSPS) is 16.0. The summed E-state index contributed by atoms with van der Waals surface area (Å²) in [6.45, 7) is 8.18. The molecule has 78 valence electrons. The van der Waals surface area contributed by atoms with Crippen LogP contribution in [0.2, 0.25) is 13.1 Å². The van der Waals surface area contributed by atoms with Gasteiger partial charge < -0.3 is 13.6 Å². The Labute approximate surface area is 85.1 Å². The van der Waals surface area contributed by atoms with Gasteiger partial charge in [-0.2, -0.15) is 0 Å². The SMILES string of the molecule is C[SiH2]OC(O[SiH2]C)C(C)(C)CC=O. The maximum atomic E-state index is 10.4. The lowest BCUT2D eigenvalue weighted by Crippen LogP contribution is -2.36. The lowest BCUT2D eigenvalue weighted by Gasteiger charge is -2.32. The van der Waals surface area contributed by atoms with Gasteiger partial charge in [0.25, 0.3) is 0 Å². The highest BCUT2D eigenvalue weighted by molar-refractivity contribution is 6.26. The molecule has 0 aromatic heterocycles. The molecule has 0 amide bonds. The number of aldehydes is 1. The van der Waals surface area contributed by atoms with Crippen molar-refractivity contribution in [1.29, 1.82) is 0 Å². The van der Waals surface area contributed by atoms with Crippen LogP contribution >= 0.6 is 0 Å². The Kier molecular flexibility index (Phi) is 6.49. The third kappa shape index (κ3) is 4.71. The van der Waals surface area contributed by atoms with Gasteiger partial charge in [0.2, 0.25) is 0 Å². The van der Waals surface area contributed by atoms with Crippen molar-refractivity contribution in [3.8, 4) is 0 Å². The molecule has 0 aromatic carbocycles. The molecular weight excluding hydrogens is 200 g/mol. The summed E-state index contributed by atoms with van der Waals surface area (Å²) in [5.41, 5.74) is -0.173. The molecule has 0 bridgehead atoms. The predicted octanol–water partition coefficient (Wildman–Crippen LogP) is 0.225. The predicted molar refractivity (Wildman–Crippen MR) is 59.2 cm³/mol. The molecule has 0 N–H and O–H groups in total. The molecule has 0 unspecified atom stereocenters. The second-order valence-electron chi connectivity index (χ2n) is 3.60. The lowest BCUT2D eigenvalue weighted by molar-refractivity contribution is -0.118. The Morgan fingerprint density at radius 1 is 1.31 bits per heavy atom. The largest absolute Gasteiger partial charge is 0.400 e. The lowest BCUT2D eigenvalue weighted by atomic mass is 9.89. The van der Waals surface area contributed by atoms with Crippen LogP contribution in [0.1, 0.15) is 20.3 Å². The average Bonchev–Trinajstić information content (AvgIpc) is 2.04. The molecular formula is C8H20O3Si2. The van der Waals surface area contributed by atoms with E-state index in [9.17, 15) is 4.79 Å². The van der Waals surface area contributed by atoms with Gasteiger partial charge in [-0.05, 0) is 0 Å². The van der Waals surface area contributed by atoms with Crippen LogP contribution in [0.25, 0.3) is 0 Å². The van der Waals surface area contributed by atoms with E-state index in [2.05, 4.69) is 13.1 Å². The van der Waals surface area contributed by atoms with Crippen LogP contribution in [0.4, 0.5) is 0 Å². The number of hydrogen-bond acceptors (Lipinski definition) is 3. The van der Waals surface area contributed by atoms with E-state index >= 15 is 0 Å². The average molecular weight is 220 g/mol. The minimum atomic E-state index is -0.469. The van der Waals surface area contributed by atoms with Crippen molar-refractivity contribution in [2.45, 2.75) is 39.7 Å². The summed E-state index contributed by atoms with van der Waals surface area (Å²) in [5, 5.41) is 0. The Bertz CT molecular complexity index is 144. The van der Waals surface area contributed by atoms with E-state index in [-0.39, 0.29) is 11.7 Å². The van der Waals surface area contributed by atoms with Gasteiger partial charge in [-0.3, -0.25) is 0 Å². The van der Waals surface area contributed by atoms with Gasteiger partial charge in [0, 0.05) is 11.8 Å². The molecule has 0 aromatic rings. The van der Waals surface area contributed by atoms with Gasteiger partial charge in [0.05, 0.1) is 0 Å². The summed E-state index contributed by atoms with van der Waals surface area (Å²) < 4.78 is 11.2. The fourth-order valence-electron chi connectivity index (χ4n) is 1.11. The Morgan fingerprint density at radius 2 is 1.77 bits per heavy atom. The molecule has 0 spiro atoms. The zero-order valence-corrected chi connectivity index (χ0v) is 11.8. The number of carbonyl (C=O) groups is 1. The minimum Gasteiger partial charge on any atom is -0.400 e. The molecule has 5 heteroatoms. The van der Waals surface area contributed by atoms with Gasteiger partial charge in [0.15, 0.2) is 19.5 Å². The van der Waals surface area contributed by atoms with Crippen LogP contribution in [0.15, 0.2) is 0 Å². The summed E-state index contributed by atoms with van der Waals surface area (Å²) in [6.07, 6.45) is 1.28. The van der Waals surface area contributed by atoms with Crippen molar-refractivity contribution < 1.29 is 13.6 Å². The number of hydrogen-bond donors (Lipinski definition) is 0. The third-order valence-electron chi connectivity index (χ3n) is 1.88. The van der Waals surface area contributed by atoms with Crippen molar-refractivity contribution in [2.75, 3.05) is 0 Å². The van der Waals surface area contributed by atoms with Crippen molar-refractivity contribution in [2.24, 2.45) is 5.41 Å². The molecule has 13 heavy (non-hydrogen) atoms. The van der Waals surface area contributed by atoms with E-state index in [1.807, 2.05) is 13.8 Å². The second kappa shape index (κ2) is 6.47. The Balaban J connectivity index is 4.21. The fraction of sp³-hybridized carbons (Fsp3) is 0.875. The van der Waals surface area contributed by atoms with E-state index < -0.39 is 19.5 Å². The first-order chi connectivity index (χ1) is 6.08. The highest BCUT2D eigenvalue weighted by Gasteiger charge is 2.29. The highest BCUT2D eigenvalue weighted by atomic mass is 28.2. The third-order valence-corrected chi connectivity index (χ3v) is 3.16. The Morgan fingerprint density at radius 3 is 2.08 bits per heavy atom. The van der Waals surface area contributed by atoms with Crippen LogP contribution in [0.3, 0.4) is 0 Å². The van der Waals surface area contributed by atoms with Crippen molar-refractivity contribution in [1.82, 2.24) is 0 Å². The molecule has 0 aliphatic carbocycles.